The van der Waals surface area contributed by atoms with Crippen LogP contribution < -0.4 is 0 Å². The zero-order valence-corrected chi connectivity index (χ0v) is 11.8. The molecule has 1 unspecified atom stereocenters. The molecule has 0 aliphatic carbocycles. The molecule has 6 heteroatoms. The van der Waals surface area contributed by atoms with Crippen LogP contribution in [0.4, 0.5) is 10.1 Å². The van der Waals surface area contributed by atoms with Crippen LogP contribution in [0.3, 0.4) is 0 Å². The molecule has 2 aromatic rings. The predicted octanol–water partition coefficient (Wildman–Crippen LogP) is 3.45. The Morgan fingerprint density at radius 1 is 1.27 bits per heavy atom. The summed E-state index contributed by atoms with van der Waals surface area (Å²) in [6, 6.07) is 10.0. The van der Waals surface area contributed by atoms with Crippen molar-refractivity contribution in [2.24, 2.45) is 0 Å². The Bertz CT molecular complexity index is 713. The molecule has 0 amide bonds. The van der Waals surface area contributed by atoms with Gasteiger partial charge in [-0.25, -0.2) is 4.39 Å². The summed E-state index contributed by atoms with van der Waals surface area (Å²) in [5, 5.41) is 20.0. The highest BCUT2D eigenvalue weighted by atomic mass is 19.1. The average molecular weight is 303 g/mol. The number of carboxylic acids is 1. The fourth-order valence-electron chi connectivity index (χ4n) is 2.16. The molecule has 5 nitrogen and oxygen atoms in total. The molecular formula is C16H14FNO4. The lowest BCUT2D eigenvalue weighted by Gasteiger charge is -2.13. The third kappa shape index (κ3) is 3.46. The van der Waals surface area contributed by atoms with E-state index in [0.717, 1.165) is 0 Å². The Labute approximate surface area is 126 Å². The van der Waals surface area contributed by atoms with Crippen molar-refractivity contribution in [3.8, 4) is 0 Å². The summed E-state index contributed by atoms with van der Waals surface area (Å²) >= 11 is 0. The van der Waals surface area contributed by atoms with Crippen LogP contribution in [0.5, 0.6) is 0 Å². The molecule has 1 atom stereocenters. The van der Waals surface area contributed by atoms with Gasteiger partial charge in [-0.05, 0) is 36.1 Å². The number of halogens is 1. The second-order valence-corrected chi connectivity index (χ2v) is 5.03. The van der Waals surface area contributed by atoms with E-state index in [4.69, 9.17) is 0 Å². The average Bonchev–Trinajstić information content (AvgIpc) is 2.48. The molecule has 2 aromatic carbocycles. The van der Waals surface area contributed by atoms with E-state index in [2.05, 4.69) is 0 Å². The molecule has 0 spiro atoms. The zero-order chi connectivity index (χ0) is 16.3. The standard InChI is InChI=1S/C16H14FNO4/c1-10-2-5-12(9-15(10)17)14(16(19)20)8-11-3-6-13(7-4-11)18(21)22/h2-7,9,14H,8H2,1H3,(H,19,20). The molecule has 0 saturated carbocycles. The Kier molecular flexibility index (Phi) is 4.50. The van der Waals surface area contributed by atoms with Crippen LogP contribution in [0.1, 0.15) is 22.6 Å². The van der Waals surface area contributed by atoms with Crippen LogP contribution in [0.2, 0.25) is 0 Å². The van der Waals surface area contributed by atoms with E-state index >= 15 is 0 Å². The van der Waals surface area contributed by atoms with E-state index in [9.17, 15) is 24.4 Å². The predicted molar refractivity (Wildman–Crippen MR) is 78.3 cm³/mol. The summed E-state index contributed by atoms with van der Waals surface area (Å²) in [5.74, 6) is -2.43. The summed E-state index contributed by atoms with van der Waals surface area (Å²) in [4.78, 5) is 21.5. The smallest absolute Gasteiger partial charge is 0.311 e. The fraction of sp³-hybridized carbons (Fsp3) is 0.188. The number of aryl methyl sites for hydroxylation is 1. The molecule has 22 heavy (non-hydrogen) atoms. The van der Waals surface area contributed by atoms with Crippen molar-refractivity contribution in [1.82, 2.24) is 0 Å². The van der Waals surface area contributed by atoms with Crippen molar-refractivity contribution in [2.75, 3.05) is 0 Å². The monoisotopic (exact) mass is 303 g/mol. The first-order valence-corrected chi connectivity index (χ1v) is 6.60. The molecule has 0 saturated heterocycles. The molecule has 2 rings (SSSR count). The maximum atomic E-state index is 13.6. The molecule has 0 fully saturated rings. The minimum atomic E-state index is -1.07. The molecular weight excluding hydrogens is 289 g/mol. The van der Waals surface area contributed by atoms with Gasteiger partial charge in [0.1, 0.15) is 5.82 Å². The SMILES string of the molecule is Cc1ccc(C(Cc2ccc([N+](=O)[O-])cc2)C(=O)O)cc1F. The maximum Gasteiger partial charge on any atom is 0.311 e. The van der Waals surface area contributed by atoms with Gasteiger partial charge in [0.15, 0.2) is 0 Å². The van der Waals surface area contributed by atoms with Crippen LogP contribution in [0.25, 0.3) is 0 Å². The first-order valence-electron chi connectivity index (χ1n) is 6.60. The largest absolute Gasteiger partial charge is 0.481 e. The second-order valence-electron chi connectivity index (χ2n) is 5.03. The van der Waals surface area contributed by atoms with Gasteiger partial charge in [0.25, 0.3) is 5.69 Å². The van der Waals surface area contributed by atoms with E-state index in [0.29, 0.717) is 16.7 Å². The van der Waals surface area contributed by atoms with Gasteiger partial charge in [-0.3, -0.25) is 14.9 Å². The highest BCUT2D eigenvalue weighted by Gasteiger charge is 2.21. The number of nitro groups is 1. The highest BCUT2D eigenvalue weighted by Crippen LogP contribution is 2.24. The Morgan fingerprint density at radius 3 is 2.41 bits per heavy atom. The maximum absolute atomic E-state index is 13.6. The fourth-order valence-corrected chi connectivity index (χ4v) is 2.16. The summed E-state index contributed by atoms with van der Waals surface area (Å²) in [6.45, 7) is 1.60. The van der Waals surface area contributed by atoms with Crippen molar-refractivity contribution >= 4 is 11.7 Å². The quantitative estimate of drug-likeness (QED) is 0.677. The van der Waals surface area contributed by atoms with Gasteiger partial charge in [0.2, 0.25) is 0 Å². The molecule has 0 aliphatic rings. The summed E-state index contributed by atoms with van der Waals surface area (Å²) < 4.78 is 13.6. The van der Waals surface area contributed by atoms with E-state index in [-0.39, 0.29) is 12.1 Å². The number of hydrogen-bond donors (Lipinski definition) is 1. The molecule has 0 aliphatic heterocycles. The number of carbonyl (C=O) groups is 1. The van der Waals surface area contributed by atoms with Crippen molar-refractivity contribution in [3.05, 3.63) is 75.1 Å². The van der Waals surface area contributed by atoms with Gasteiger partial charge >= 0.3 is 5.97 Å². The Morgan fingerprint density at radius 2 is 1.91 bits per heavy atom. The number of rotatable bonds is 5. The van der Waals surface area contributed by atoms with Gasteiger partial charge in [0, 0.05) is 12.1 Å². The van der Waals surface area contributed by atoms with Crippen LogP contribution in [0, 0.1) is 22.9 Å². The summed E-state index contributed by atoms with van der Waals surface area (Å²) in [6.07, 6.45) is 0.135. The lowest BCUT2D eigenvalue weighted by Crippen LogP contribution is -2.15. The van der Waals surface area contributed by atoms with Crippen molar-refractivity contribution in [3.63, 3.8) is 0 Å². The summed E-state index contributed by atoms with van der Waals surface area (Å²) in [5.41, 5.74) is 1.40. The minimum absolute atomic E-state index is 0.0583. The third-order valence-corrected chi connectivity index (χ3v) is 3.48. The van der Waals surface area contributed by atoms with Crippen LogP contribution >= 0.6 is 0 Å². The van der Waals surface area contributed by atoms with Gasteiger partial charge < -0.3 is 5.11 Å². The molecule has 0 heterocycles. The highest BCUT2D eigenvalue weighted by molar-refractivity contribution is 5.76. The van der Waals surface area contributed by atoms with E-state index < -0.39 is 22.6 Å². The van der Waals surface area contributed by atoms with E-state index in [1.54, 1.807) is 13.0 Å². The number of benzene rings is 2. The summed E-state index contributed by atoms with van der Waals surface area (Å²) in [7, 11) is 0. The van der Waals surface area contributed by atoms with E-state index in [1.165, 1.54) is 36.4 Å². The van der Waals surface area contributed by atoms with Crippen molar-refractivity contribution in [1.29, 1.82) is 0 Å². The van der Waals surface area contributed by atoms with Gasteiger partial charge in [-0.2, -0.15) is 0 Å². The molecule has 114 valence electrons. The minimum Gasteiger partial charge on any atom is -0.481 e. The van der Waals surface area contributed by atoms with Crippen LogP contribution in [0.15, 0.2) is 42.5 Å². The Hall–Kier alpha value is -2.76. The van der Waals surface area contributed by atoms with Gasteiger partial charge in [0.05, 0.1) is 10.8 Å². The number of nitrogens with zero attached hydrogens (tertiary/aromatic N) is 1. The lowest BCUT2D eigenvalue weighted by atomic mass is 9.91. The number of carboxylic acid groups (broad SMARTS) is 1. The van der Waals surface area contributed by atoms with Crippen molar-refractivity contribution < 1.29 is 19.2 Å². The zero-order valence-electron chi connectivity index (χ0n) is 11.8. The van der Waals surface area contributed by atoms with Crippen molar-refractivity contribution in [2.45, 2.75) is 19.3 Å². The normalized spacial score (nSPS) is 11.9. The van der Waals surface area contributed by atoms with Crippen LogP contribution in [-0.2, 0) is 11.2 Å². The van der Waals surface area contributed by atoms with E-state index in [1.807, 2.05) is 0 Å². The lowest BCUT2D eigenvalue weighted by molar-refractivity contribution is -0.384. The molecule has 0 radical (unpaired) electrons. The number of aliphatic carboxylic acids is 1. The number of hydrogen-bond acceptors (Lipinski definition) is 3. The van der Waals surface area contributed by atoms with Gasteiger partial charge in [-0.15, -0.1) is 0 Å². The Balaban J connectivity index is 2.27. The number of nitro benzene ring substituents is 1. The van der Waals surface area contributed by atoms with Crippen LogP contribution in [-0.4, -0.2) is 16.0 Å². The number of non-ortho nitro benzene ring substituents is 1. The molecule has 0 aromatic heterocycles. The second kappa shape index (κ2) is 6.34. The first-order chi connectivity index (χ1) is 10.4. The van der Waals surface area contributed by atoms with Gasteiger partial charge in [-0.1, -0.05) is 24.3 Å². The molecule has 0 bridgehead atoms. The molecule has 1 N–H and O–H groups in total. The third-order valence-electron chi connectivity index (χ3n) is 3.48. The first kappa shape index (κ1) is 15.6. The topological polar surface area (TPSA) is 80.4 Å².